The normalized spacial score (nSPS) is 38.8. The van der Waals surface area contributed by atoms with Crippen LogP contribution in [-0.2, 0) is 4.74 Å². The van der Waals surface area contributed by atoms with Crippen LogP contribution in [-0.4, -0.2) is 49.8 Å². The Labute approximate surface area is 98.5 Å². The minimum absolute atomic E-state index is 0.714. The van der Waals surface area contributed by atoms with Crippen LogP contribution in [0.5, 0.6) is 0 Å². The molecule has 3 atom stereocenters. The predicted molar refractivity (Wildman–Crippen MR) is 64.5 cm³/mol. The van der Waals surface area contributed by atoms with E-state index < -0.39 is 0 Å². The lowest BCUT2D eigenvalue weighted by molar-refractivity contribution is 0.0959. The van der Waals surface area contributed by atoms with Crippen LogP contribution < -0.4 is 5.32 Å². The number of ether oxygens (including phenoxy) is 1. The monoisotopic (exact) mass is 224 g/mol. The van der Waals surface area contributed by atoms with Crippen LogP contribution in [0.15, 0.2) is 0 Å². The van der Waals surface area contributed by atoms with Gasteiger partial charge in [0.05, 0.1) is 6.61 Å². The van der Waals surface area contributed by atoms with Crippen LogP contribution in [0.4, 0.5) is 0 Å². The Kier molecular flexibility index (Phi) is 3.18. The molecular weight excluding hydrogens is 200 g/mol. The summed E-state index contributed by atoms with van der Waals surface area (Å²) in [5.41, 5.74) is 0. The molecule has 1 N–H and O–H groups in total. The van der Waals surface area contributed by atoms with Gasteiger partial charge in [0, 0.05) is 38.3 Å². The Balaban J connectivity index is 1.55. The number of piperazine rings is 1. The lowest BCUT2D eigenvalue weighted by atomic mass is 9.97. The van der Waals surface area contributed by atoms with E-state index >= 15 is 0 Å². The molecule has 0 spiro atoms. The number of nitrogens with zero attached hydrogens (tertiary/aromatic N) is 1. The van der Waals surface area contributed by atoms with Crippen molar-refractivity contribution in [1.29, 1.82) is 0 Å². The van der Waals surface area contributed by atoms with Crippen LogP contribution in [0, 0.1) is 11.8 Å². The largest absolute Gasteiger partial charge is 0.381 e. The molecule has 2 saturated heterocycles. The number of nitrogens with one attached hydrogen (secondary N) is 1. The van der Waals surface area contributed by atoms with Crippen molar-refractivity contribution < 1.29 is 4.74 Å². The number of hydrogen-bond acceptors (Lipinski definition) is 3. The van der Waals surface area contributed by atoms with Crippen molar-refractivity contribution >= 4 is 0 Å². The van der Waals surface area contributed by atoms with Gasteiger partial charge >= 0.3 is 0 Å². The Morgan fingerprint density at radius 2 is 2.19 bits per heavy atom. The summed E-state index contributed by atoms with van der Waals surface area (Å²) >= 11 is 0. The zero-order valence-electron chi connectivity index (χ0n) is 10.3. The van der Waals surface area contributed by atoms with E-state index in [0.29, 0.717) is 6.04 Å². The average Bonchev–Trinajstić information content (AvgIpc) is 3.04. The molecule has 0 aromatic heterocycles. The molecule has 3 nitrogen and oxygen atoms in total. The lowest BCUT2D eigenvalue weighted by Gasteiger charge is -2.39. The fourth-order valence-corrected chi connectivity index (χ4v) is 3.22. The van der Waals surface area contributed by atoms with Gasteiger partial charge in [0.15, 0.2) is 0 Å². The van der Waals surface area contributed by atoms with Crippen molar-refractivity contribution in [2.75, 3.05) is 32.8 Å². The molecule has 3 heteroatoms. The van der Waals surface area contributed by atoms with Gasteiger partial charge in [0.1, 0.15) is 0 Å². The van der Waals surface area contributed by atoms with Crippen LogP contribution >= 0.6 is 0 Å². The summed E-state index contributed by atoms with van der Waals surface area (Å²) < 4.78 is 5.51. The highest BCUT2D eigenvalue weighted by molar-refractivity contribution is 4.93. The van der Waals surface area contributed by atoms with Crippen molar-refractivity contribution in [2.24, 2.45) is 11.8 Å². The van der Waals surface area contributed by atoms with Gasteiger partial charge in [0.2, 0.25) is 0 Å². The molecule has 2 heterocycles. The van der Waals surface area contributed by atoms with Gasteiger partial charge < -0.3 is 10.1 Å². The second-order valence-corrected chi connectivity index (χ2v) is 5.76. The molecule has 3 rings (SSSR count). The van der Waals surface area contributed by atoms with Crippen molar-refractivity contribution in [2.45, 2.75) is 38.3 Å². The predicted octanol–water partition coefficient (Wildman–Crippen LogP) is 1.10. The molecule has 3 aliphatic rings. The van der Waals surface area contributed by atoms with Crippen molar-refractivity contribution in [3.8, 4) is 0 Å². The first-order valence-corrected chi connectivity index (χ1v) is 6.90. The summed E-state index contributed by atoms with van der Waals surface area (Å²) in [6.07, 6.45) is 4.16. The lowest BCUT2D eigenvalue weighted by Crippen LogP contribution is -2.55. The van der Waals surface area contributed by atoms with Crippen molar-refractivity contribution in [1.82, 2.24) is 10.2 Å². The maximum atomic E-state index is 5.51. The fourth-order valence-electron chi connectivity index (χ4n) is 3.22. The van der Waals surface area contributed by atoms with E-state index in [9.17, 15) is 0 Å². The fraction of sp³-hybridized carbons (Fsp3) is 1.00. The van der Waals surface area contributed by atoms with Crippen LogP contribution in [0.1, 0.15) is 26.2 Å². The molecule has 3 fully saturated rings. The van der Waals surface area contributed by atoms with Crippen LogP contribution in [0.2, 0.25) is 0 Å². The minimum Gasteiger partial charge on any atom is -0.381 e. The van der Waals surface area contributed by atoms with E-state index in [4.69, 9.17) is 4.74 Å². The first kappa shape index (κ1) is 11.0. The molecule has 0 radical (unpaired) electrons. The molecule has 0 amide bonds. The summed E-state index contributed by atoms with van der Waals surface area (Å²) in [4.78, 5) is 2.69. The molecule has 16 heavy (non-hydrogen) atoms. The first-order chi connectivity index (χ1) is 7.84. The van der Waals surface area contributed by atoms with E-state index in [2.05, 4.69) is 17.1 Å². The van der Waals surface area contributed by atoms with E-state index in [-0.39, 0.29) is 0 Å². The highest BCUT2D eigenvalue weighted by Crippen LogP contribution is 2.34. The molecule has 3 unspecified atom stereocenters. The van der Waals surface area contributed by atoms with Crippen LogP contribution in [0.25, 0.3) is 0 Å². The quantitative estimate of drug-likeness (QED) is 0.777. The highest BCUT2D eigenvalue weighted by atomic mass is 16.5. The molecule has 0 aromatic rings. The van der Waals surface area contributed by atoms with Gasteiger partial charge in [-0.25, -0.2) is 0 Å². The Morgan fingerprint density at radius 1 is 1.31 bits per heavy atom. The Bertz CT molecular complexity index is 236. The maximum absolute atomic E-state index is 5.51. The Hall–Kier alpha value is -0.120. The van der Waals surface area contributed by atoms with E-state index in [1.165, 1.54) is 38.9 Å². The molecule has 1 aliphatic carbocycles. The Morgan fingerprint density at radius 3 is 2.88 bits per heavy atom. The average molecular weight is 224 g/mol. The van der Waals surface area contributed by atoms with Gasteiger partial charge in [-0.05, 0) is 38.0 Å². The zero-order valence-corrected chi connectivity index (χ0v) is 10.3. The van der Waals surface area contributed by atoms with Gasteiger partial charge in [-0.15, -0.1) is 0 Å². The molecule has 1 saturated carbocycles. The second kappa shape index (κ2) is 4.63. The molecule has 0 bridgehead atoms. The SMILES string of the molecule is CC(C1CCOC1)N1CCNC(C2CC2)C1. The molecule has 92 valence electrons. The first-order valence-electron chi connectivity index (χ1n) is 6.90. The number of hydrogen-bond donors (Lipinski definition) is 1. The van der Waals surface area contributed by atoms with Gasteiger partial charge in [0.25, 0.3) is 0 Å². The minimum atomic E-state index is 0.714. The molecular formula is C13H24N2O. The topological polar surface area (TPSA) is 24.5 Å². The van der Waals surface area contributed by atoms with E-state index in [1.807, 2.05) is 0 Å². The summed E-state index contributed by atoms with van der Waals surface area (Å²) in [7, 11) is 0. The van der Waals surface area contributed by atoms with E-state index in [1.54, 1.807) is 0 Å². The van der Waals surface area contributed by atoms with Crippen LogP contribution in [0.3, 0.4) is 0 Å². The summed E-state index contributed by atoms with van der Waals surface area (Å²) in [6.45, 7) is 8.03. The summed E-state index contributed by atoms with van der Waals surface area (Å²) in [5.74, 6) is 1.76. The standard InChI is InChI=1S/C13H24N2O/c1-10(12-4-7-16-9-12)15-6-5-14-13(8-15)11-2-3-11/h10-14H,2-9H2,1H3. The van der Waals surface area contributed by atoms with Gasteiger partial charge in [-0.2, -0.15) is 0 Å². The van der Waals surface area contributed by atoms with E-state index in [0.717, 1.165) is 31.1 Å². The molecule has 2 aliphatic heterocycles. The zero-order chi connectivity index (χ0) is 11.0. The third kappa shape index (κ3) is 2.27. The summed E-state index contributed by atoms with van der Waals surface area (Å²) in [5, 5.41) is 3.68. The number of rotatable bonds is 3. The third-order valence-corrected chi connectivity index (χ3v) is 4.65. The van der Waals surface area contributed by atoms with Crippen molar-refractivity contribution in [3.05, 3.63) is 0 Å². The smallest absolute Gasteiger partial charge is 0.0509 e. The van der Waals surface area contributed by atoms with Gasteiger partial charge in [-0.3, -0.25) is 4.90 Å². The third-order valence-electron chi connectivity index (χ3n) is 4.65. The van der Waals surface area contributed by atoms with Gasteiger partial charge in [-0.1, -0.05) is 0 Å². The maximum Gasteiger partial charge on any atom is 0.0509 e. The van der Waals surface area contributed by atoms with Crippen molar-refractivity contribution in [3.63, 3.8) is 0 Å². The molecule has 0 aromatic carbocycles. The second-order valence-electron chi connectivity index (χ2n) is 5.76. The highest BCUT2D eigenvalue weighted by Gasteiger charge is 2.36. The summed E-state index contributed by atoms with van der Waals surface area (Å²) in [6, 6.07) is 1.49.